The predicted molar refractivity (Wildman–Crippen MR) is 47.9 cm³/mol. The van der Waals surface area contributed by atoms with Crippen molar-refractivity contribution >= 4 is 18.4 Å². The minimum absolute atomic E-state index is 0. The van der Waals surface area contributed by atoms with Gasteiger partial charge in [0.05, 0.1) is 11.8 Å². The van der Waals surface area contributed by atoms with E-state index in [0.29, 0.717) is 0 Å². The number of furan rings is 1. The molecule has 0 saturated heterocycles. The number of rotatable bonds is 1. The number of nitrogens with one attached hydrogen (secondary N) is 1. The predicted octanol–water partition coefficient (Wildman–Crippen LogP) is 1.24. The third kappa shape index (κ3) is 5.76. The highest BCUT2D eigenvalue weighted by molar-refractivity contribution is 5.86. The molecule has 1 aromatic rings. The van der Waals surface area contributed by atoms with Crippen LogP contribution >= 0.6 is 12.4 Å². The maximum Gasteiger partial charge on any atom is 0.338 e. The Kier molecular flexibility index (Phi) is 9.17. The zero-order chi connectivity index (χ0) is 8.69. The van der Waals surface area contributed by atoms with Crippen molar-refractivity contribution in [2.45, 2.75) is 0 Å². The molecule has 5 heteroatoms. The van der Waals surface area contributed by atoms with Crippen molar-refractivity contribution in [1.82, 2.24) is 5.32 Å². The van der Waals surface area contributed by atoms with Crippen LogP contribution in [0, 0.1) is 0 Å². The van der Waals surface area contributed by atoms with Crippen molar-refractivity contribution in [3.05, 3.63) is 24.2 Å². The molecular formula is C7H12ClNO3. The van der Waals surface area contributed by atoms with Crippen LogP contribution in [-0.2, 0) is 0 Å². The molecule has 12 heavy (non-hydrogen) atoms. The summed E-state index contributed by atoms with van der Waals surface area (Å²) in [4.78, 5) is 10.0. The normalized spacial score (nSPS) is 7.50. The highest BCUT2D eigenvalue weighted by Gasteiger charge is 2.00. The van der Waals surface area contributed by atoms with Gasteiger partial charge in [0.2, 0.25) is 0 Å². The molecule has 0 radical (unpaired) electrons. The van der Waals surface area contributed by atoms with Gasteiger partial charge in [-0.15, -0.1) is 12.4 Å². The molecule has 0 aliphatic heterocycles. The summed E-state index contributed by atoms with van der Waals surface area (Å²) in [6.07, 6.45) is 2.51. The first kappa shape index (κ1) is 13.6. The lowest BCUT2D eigenvalue weighted by Gasteiger charge is -1.77. The van der Waals surface area contributed by atoms with Crippen molar-refractivity contribution in [2.75, 3.05) is 14.1 Å². The minimum atomic E-state index is -0.959. The van der Waals surface area contributed by atoms with Gasteiger partial charge in [0.15, 0.2) is 0 Å². The van der Waals surface area contributed by atoms with E-state index in [1.165, 1.54) is 18.6 Å². The summed E-state index contributed by atoms with van der Waals surface area (Å²) >= 11 is 0. The number of carbonyl (C=O) groups is 1. The molecule has 0 aromatic carbocycles. The maximum absolute atomic E-state index is 10.0. The first-order valence-electron chi connectivity index (χ1n) is 3.06. The first-order valence-corrected chi connectivity index (χ1v) is 3.06. The molecule has 2 N–H and O–H groups in total. The van der Waals surface area contributed by atoms with Gasteiger partial charge in [-0.1, -0.05) is 0 Å². The molecular weight excluding hydrogens is 182 g/mol. The van der Waals surface area contributed by atoms with Crippen molar-refractivity contribution in [3.8, 4) is 0 Å². The van der Waals surface area contributed by atoms with Gasteiger partial charge in [-0.2, -0.15) is 0 Å². The van der Waals surface area contributed by atoms with Gasteiger partial charge in [0.25, 0.3) is 0 Å². The molecule has 1 rings (SSSR count). The van der Waals surface area contributed by atoms with E-state index in [9.17, 15) is 4.79 Å². The van der Waals surface area contributed by atoms with Crippen LogP contribution < -0.4 is 5.32 Å². The Hall–Kier alpha value is -1.00. The molecule has 0 fully saturated rings. The Labute approximate surface area is 77.0 Å². The van der Waals surface area contributed by atoms with Crippen molar-refractivity contribution in [1.29, 1.82) is 0 Å². The van der Waals surface area contributed by atoms with Gasteiger partial charge in [0, 0.05) is 0 Å². The van der Waals surface area contributed by atoms with Gasteiger partial charge >= 0.3 is 5.97 Å². The highest BCUT2D eigenvalue weighted by atomic mass is 35.5. The number of halogens is 1. The standard InChI is InChI=1S/C5H4O3.C2H7N.ClH/c6-5(7)4-1-2-8-3-4;1-3-2;/h1-3H,(H,6,7);3H,1-2H3;1H. The summed E-state index contributed by atoms with van der Waals surface area (Å²) < 4.78 is 4.49. The minimum Gasteiger partial charge on any atom is -0.478 e. The third-order valence-electron chi connectivity index (χ3n) is 0.768. The van der Waals surface area contributed by atoms with Gasteiger partial charge in [-0.05, 0) is 20.2 Å². The molecule has 0 aliphatic rings. The van der Waals surface area contributed by atoms with E-state index < -0.39 is 5.97 Å². The number of carboxylic acid groups (broad SMARTS) is 1. The molecule has 0 atom stereocenters. The van der Waals surface area contributed by atoms with Crippen molar-refractivity contribution in [2.24, 2.45) is 0 Å². The summed E-state index contributed by atoms with van der Waals surface area (Å²) in [6.45, 7) is 0. The van der Waals surface area contributed by atoms with Crippen molar-refractivity contribution in [3.63, 3.8) is 0 Å². The van der Waals surface area contributed by atoms with Crippen LogP contribution in [0.1, 0.15) is 10.4 Å². The topological polar surface area (TPSA) is 62.5 Å². The second-order valence-corrected chi connectivity index (χ2v) is 1.82. The highest BCUT2D eigenvalue weighted by Crippen LogP contribution is 1.97. The first-order chi connectivity index (χ1) is 5.22. The fourth-order valence-corrected chi connectivity index (χ4v) is 0.386. The monoisotopic (exact) mass is 193 g/mol. The van der Waals surface area contributed by atoms with Gasteiger partial charge in [-0.25, -0.2) is 4.79 Å². The summed E-state index contributed by atoms with van der Waals surface area (Å²) in [5.41, 5.74) is 0.185. The number of aromatic carboxylic acids is 1. The number of hydrogen-bond donors (Lipinski definition) is 2. The largest absolute Gasteiger partial charge is 0.478 e. The van der Waals surface area contributed by atoms with E-state index in [2.05, 4.69) is 9.73 Å². The average Bonchev–Trinajstić information content (AvgIpc) is 2.38. The average molecular weight is 194 g/mol. The van der Waals surface area contributed by atoms with Crippen LogP contribution in [0.2, 0.25) is 0 Å². The second kappa shape index (κ2) is 8.10. The van der Waals surface area contributed by atoms with Crippen LogP contribution in [0.25, 0.3) is 0 Å². The van der Waals surface area contributed by atoms with Crippen LogP contribution in [0.3, 0.4) is 0 Å². The molecule has 70 valence electrons. The van der Waals surface area contributed by atoms with E-state index in [1.807, 2.05) is 14.1 Å². The summed E-state index contributed by atoms with van der Waals surface area (Å²) in [7, 11) is 3.75. The van der Waals surface area contributed by atoms with E-state index >= 15 is 0 Å². The third-order valence-corrected chi connectivity index (χ3v) is 0.768. The Morgan fingerprint density at radius 1 is 1.58 bits per heavy atom. The molecule has 0 saturated carbocycles. The smallest absolute Gasteiger partial charge is 0.338 e. The molecule has 4 nitrogen and oxygen atoms in total. The Bertz CT molecular complexity index is 198. The van der Waals surface area contributed by atoms with Crippen molar-refractivity contribution < 1.29 is 14.3 Å². The molecule has 0 spiro atoms. The van der Waals surface area contributed by atoms with Gasteiger partial charge < -0.3 is 14.8 Å². The van der Waals surface area contributed by atoms with Gasteiger partial charge in [-0.3, -0.25) is 0 Å². The fraction of sp³-hybridized carbons (Fsp3) is 0.286. The molecule has 1 aromatic heterocycles. The fourth-order valence-electron chi connectivity index (χ4n) is 0.386. The lowest BCUT2D eigenvalue weighted by atomic mass is 10.4. The van der Waals surface area contributed by atoms with E-state index in [1.54, 1.807) is 0 Å². The summed E-state index contributed by atoms with van der Waals surface area (Å²) in [5.74, 6) is -0.959. The van der Waals surface area contributed by atoms with Gasteiger partial charge in [0.1, 0.15) is 6.26 Å². The number of carboxylic acids is 1. The Balaban J connectivity index is 0. The molecule has 0 amide bonds. The lowest BCUT2D eigenvalue weighted by Crippen LogP contribution is -1.90. The Morgan fingerprint density at radius 2 is 2.08 bits per heavy atom. The zero-order valence-corrected chi connectivity index (χ0v) is 7.72. The van der Waals surface area contributed by atoms with Crippen LogP contribution in [0.15, 0.2) is 23.0 Å². The zero-order valence-electron chi connectivity index (χ0n) is 6.90. The number of hydrogen-bond acceptors (Lipinski definition) is 3. The van der Waals surface area contributed by atoms with E-state index in [4.69, 9.17) is 5.11 Å². The SMILES string of the molecule is CNC.Cl.O=C(O)c1ccoc1. The molecule has 0 aliphatic carbocycles. The summed E-state index contributed by atoms with van der Waals surface area (Å²) in [6, 6.07) is 1.39. The summed E-state index contributed by atoms with van der Waals surface area (Å²) in [5, 5.41) is 11.0. The quantitative estimate of drug-likeness (QED) is 0.705. The van der Waals surface area contributed by atoms with E-state index in [-0.39, 0.29) is 18.0 Å². The maximum atomic E-state index is 10.0. The van der Waals surface area contributed by atoms with Crippen LogP contribution in [0.5, 0.6) is 0 Å². The lowest BCUT2D eigenvalue weighted by molar-refractivity contribution is 0.0696. The Morgan fingerprint density at radius 3 is 2.25 bits per heavy atom. The van der Waals surface area contributed by atoms with Crippen LogP contribution in [0.4, 0.5) is 0 Å². The molecule has 0 unspecified atom stereocenters. The van der Waals surface area contributed by atoms with Crippen LogP contribution in [-0.4, -0.2) is 25.2 Å². The van der Waals surface area contributed by atoms with E-state index in [0.717, 1.165) is 0 Å². The molecule has 1 heterocycles. The molecule has 0 bridgehead atoms. The second-order valence-electron chi connectivity index (χ2n) is 1.82.